The van der Waals surface area contributed by atoms with Gasteiger partial charge >= 0.3 is 0 Å². The highest BCUT2D eigenvalue weighted by molar-refractivity contribution is 5.79. The van der Waals surface area contributed by atoms with E-state index >= 15 is 0 Å². The molecule has 0 amide bonds. The number of aliphatic hydroxyl groups is 1. The molecule has 1 aromatic heterocycles. The molecule has 0 fully saturated rings. The predicted octanol–water partition coefficient (Wildman–Crippen LogP) is 2.77. The van der Waals surface area contributed by atoms with Gasteiger partial charge in [0.25, 0.3) is 5.56 Å². The van der Waals surface area contributed by atoms with E-state index in [0.717, 1.165) is 18.7 Å². The zero-order chi connectivity index (χ0) is 18.5. The van der Waals surface area contributed by atoms with Gasteiger partial charge < -0.3 is 10.0 Å². The fourth-order valence-electron chi connectivity index (χ4n) is 3.19. The number of hydrogen-bond donors (Lipinski definition) is 1. The molecular weight excluding hydrogens is 326 g/mol. The summed E-state index contributed by atoms with van der Waals surface area (Å²) in [5.41, 5.74) is 1.42. The van der Waals surface area contributed by atoms with Gasteiger partial charge in [0.1, 0.15) is 5.82 Å². The Bertz CT molecular complexity index is 917. The van der Waals surface area contributed by atoms with Crippen LogP contribution in [0.15, 0.2) is 59.4 Å². The molecule has 0 aliphatic rings. The van der Waals surface area contributed by atoms with Crippen molar-refractivity contribution in [2.24, 2.45) is 0 Å². The number of benzene rings is 2. The number of hydrogen-bond acceptors (Lipinski definition) is 4. The minimum Gasteiger partial charge on any atom is -0.390 e. The van der Waals surface area contributed by atoms with Gasteiger partial charge in [-0.2, -0.15) is 0 Å². The molecule has 0 saturated carbocycles. The number of aromatic nitrogens is 2. The molecule has 5 heteroatoms. The molecule has 1 unspecified atom stereocenters. The van der Waals surface area contributed by atoms with Crippen molar-refractivity contribution < 1.29 is 5.11 Å². The average molecular weight is 351 g/mol. The van der Waals surface area contributed by atoms with Gasteiger partial charge in [0.2, 0.25) is 0 Å². The molecule has 1 atom stereocenters. The maximum absolute atomic E-state index is 13.1. The summed E-state index contributed by atoms with van der Waals surface area (Å²) in [5.74, 6) is 0.591. The summed E-state index contributed by atoms with van der Waals surface area (Å²) < 4.78 is 1.60. The topological polar surface area (TPSA) is 58.4 Å². The SMILES string of the molecule is CCN(CC)CC(O)Cn1c(-c2ccccc2)nc2ccccc2c1=O. The van der Waals surface area contributed by atoms with E-state index in [0.29, 0.717) is 23.3 Å². The lowest BCUT2D eigenvalue weighted by Gasteiger charge is -2.23. The number of nitrogens with zero attached hydrogens (tertiary/aromatic N) is 3. The van der Waals surface area contributed by atoms with Crippen molar-refractivity contribution in [3.63, 3.8) is 0 Å². The molecule has 5 nitrogen and oxygen atoms in total. The summed E-state index contributed by atoms with van der Waals surface area (Å²) in [6, 6.07) is 17.0. The highest BCUT2D eigenvalue weighted by Gasteiger charge is 2.17. The van der Waals surface area contributed by atoms with Gasteiger partial charge in [0.05, 0.1) is 23.6 Å². The normalized spacial score (nSPS) is 12.6. The van der Waals surface area contributed by atoms with Crippen LogP contribution in [0.4, 0.5) is 0 Å². The number of likely N-dealkylation sites (N-methyl/N-ethyl adjacent to an activating group) is 1. The lowest BCUT2D eigenvalue weighted by Crippen LogP contribution is -2.37. The van der Waals surface area contributed by atoms with Crippen LogP contribution in [0.25, 0.3) is 22.3 Å². The molecule has 0 aliphatic heterocycles. The Morgan fingerprint density at radius 3 is 2.38 bits per heavy atom. The van der Waals surface area contributed by atoms with Gasteiger partial charge in [-0.1, -0.05) is 56.3 Å². The molecule has 3 rings (SSSR count). The second-order valence-corrected chi connectivity index (χ2v) is 6.37. The molecule has 1 heterocycles. The van der Waals surface area contributed by atoms with Crippen LogP contribution in [0.1, 0.15) is 13.8 Å². The Hall–Kier alpha value is -2.50. The van der Waals surface area contributed by atoms with E-state index < -0.39 is 6.10 Å². The maximum atomic E-state index is 13.1. The monoisotopic (exact) mass is 351 g/mol. The van der Waals surface area contributed by atoms with Crippen molar-refractivity contribution in [3.8, 4) is 11.4 Å². The van der Waals surface area contributed by atoms with E-state index in [1.165, 1.54) is 0 Å². The quantitative estimate of drug-likeness (QED) is 0.711. The summed E-state index contributed by atoms with van der Waals surface area (Å²) in [6.07, 6.45) is -0.641. The Kier molecular flexibility index (Phi) is 5.81. The van der Waals surface area contributed by atoms with Gasteiger partial charge in [-0.25, -0.2) is 4.98 Å². The van der Waals surface area contributed by atoms with Crippen LogP contribution >= 0.6 is 0 Å². The van der Waals surface area contributed by atoms with Gasteiger partial charge in [0, 0.05) is 12.1 Å². The molecule has 0 saturated heterocycles. The number of aliphatic hydroxyl groups excluding tert-OH is 1. The molecule has 2 aromatic carbocycles. The predicted molar refractivity (Wildman–Crippen MR) is 105 cm³/mol. The number of fused-ring (bicyclic) bond motifs is 1. The number of rotatable bonds is 7. The van der Waals surface area contributed by atoms with Gasteiger partial charge in [0.15, 0.2) is 0 Å². The van der Waals surface area contributed by atoms with Gasteiger partial charge in [-0.3, -0.25) is 9.36 Å². The van der Waals surface area contributed by atoms with Crippen molar-refractivity contribution >= 4 is 10.9 Å². The minimum absolute atomic E-state index is 0.118. The van der Waals surface area contributed by atoms with E-state index in [4.69, 9.17) is 4.98 Å². The van der Waals surface area contributed by atoms with Crippen LogP contribution in [-0.2, 0) is 6.54 Å². The van der Waals surface area contributed by atoms with E-state index in [2.05, 4.69) is 18.7 Å². The molecular formula is C21H25N3O2. The molecule has 0 radical (unpaired) electrons. The van der Waals surface area contributed by atoms with E-state index in [9.17, 15) is 9.90 Å². The average Bonchev–Trinajstić information content (AvgIpc) is 2.69. The minimum atomic E-state index is -0.641. The molecule has 1 N–H and O–H groups in total. The Morgan fingerprint density at radius 1 is 1.04 bits per heavy atom. The molecule has 3 aromatic rings. The third-order valence-corrected chi connectivity index (χ3v) is 4.65. The Balaban J connectivity index is 2.07. The zero-order valence-electron chi connectivity index (χ0n) is 15.3. The van der Waals surface area contributed by atoms with Gasteiger partial charge in [-0.15, -0.1) is 0 Å². The van der Waals surface area contributed by atoms with Crippen LogP contribution in [-0.4, -0.2) is 45.3 Å². The van der Waals surface area contributed by atoms with E-state index in [1.54, 1.807) is 10.6 Å². The third-order valence-electron chi connectivity index (χ3n) is 4.65. The van der Waals surface area contributed by atoms with Crippen LogP contribution in [0, 0.1) is 0 Å². The highest BCUT2D eigenvalue weighted by atomic mass is 16.3. The first-order valence-electron chi connectivity index (χ1n) is 9.09. The lowest BCUT2D eigenvalue weighted by atomic mass is 10.1. The Labute approximate surface area is 153 Å². The largest absolute Gasteiger partial charge is 0.390 e. The second kappa shape index (κ2) is 8.25. The smallest absolute Gasteiger partial charge is 0.261 e. The van der Waals surface area contributed by atoms with Crippen molar-refractivity contribution in [1.82, 2.24) is 14.5 Å². The van der Waals surface area contributed by atoms with E-state index in [1.807, 2.05) is 48.5 Å². The van der Waals surface area contributed by atoms with Crippen LogP contribution in [0.3, 0.4) is 0 Å². The van der Waals surface area contributed by atoms with Crippen LogP contribution in [0.5, 0.6) is 0 Å². The van der Waals surface area contributed by atoms with Crippen LogP contribution in [0.2, 0.25) is 0 Å². The first-order chi connectivity index (χ1) is 12.6. The molecule has 136 valence electrons. The summed E-state index contributed by atoms with van der Waals surface area (Å²) in [5, 5.41) is 11.1. The lowest BCUT2D eigenvalue weighted by molar-refractivity contribution is 0.102. The van der Waals surface area contributed by atoms with Crippen molar-refractivity contribution in [1.29, 1.82) is 0 Å². The third kappa shape index (κ3) is 3.84. The number of para-hydroxylation sites is 1. The second-order valence-electron chi connectivity index (χ2n) is 6.37. The van der Waals surface area contributed by atoms with Crippen LogP contribution < -0.4 is 5.56 Å². The van der Waals surface area contributed by atoms with E-state index in [-0.39, 0.29) is 12.1 Å². The highest BCUT2D eigenvalue weighted by Crippen LogP contribution is 2.19. The summed E-state index contributed by atoms with van der Waals surface area (Å²) in [7, 11) is 0. The molecule has 0 spiro atoms. The summed E-state index contributed by atoms with van der Waals surface area (Å²) in [4.78, 5) is 19.9. The van der Waals surface area contributed by atoms with Gasteiger partial charge in [-0.05, 0) is 25.2 Å². The maximum Gasteiger partial charge on any atom is 0.261 e. The fourth-order valence-corrected chi connectivity index (χ4v) is 3.19. The zero-order valence-corrected chi connectivity index (χ0v) is 15.3. The Morgan fingerprint density at radius 2 is 1.69 bits per heavy atom. The first-order valence-corrected chi connectivity index (χ1v) is 9.09. The summed E-state index contributed by atoms with van der Waals surface area (Å²) >= 11 is 0. The van der Waals surface area contributed by atoms with Crippen molar-refractivity contribution in [2.75, 3.05) is 19.6 Å². The first kappa shape index (κ1) is 18.3. The molecule has 26 heavy (non-hydrogen) atoms. The molecule has 0 aliphatic carbocycles. The standard InChI is InChI=1S/C21H25N3O2/c1-3-23(4-2)14-17(25)15-24-20(16-10-6-5-7-11-16)22-19-13-9-8-12-18(19)21(24)26/h5-13,17,25H,3-4,14-15H2,1-2H3. The summed E-state index contributed by atoms with van der Waals surface area (Å²) in [6.45, 7) is 6.61. The van der Waals surface area contributed by atoms with Crippen molar-refractivity contribution in [2.45, 2.75) is 26.5 Å². The van der Waals surface area contributed by atoms with Crippen molar-refractivity contribution in [3.05, 3.63) is 65.0 Å². The fraction of sp³-hybridized carbons (Fsp3) is 0.333. The molecule has 0 bridgehead atoms.